The predicted octanol–water partition coefficient (Wildman–Crippen LogP) is 3.91. The molecule has 0 radical (unpaired) electrons. The molecule has 3 aromatic heterocycles. The van der Waals surface area contributed by atoms with Gasteiger partial charge in [-0.3, -0.25) is 0 Å². The fourth-order valence-electron chi connectivity index (χ4n) is 3.06. The number of hydrogen-bond donors (Lipinski definition) is 1. The van der Waals surface area contributed by atoms with Crippen LogP contribution in [0.5, 0.6) is 5.88 Å². The van der Waals surface area contributed by atoms with Crippen LogP contribution in [0, 0.1) is 0 Å². The average Bonchev–Trinajstić information content (AvgIpc) is 3.28. The fraction of sp³-hybridized carbons (Fsp3) is 0.300. The molecule has 4 rings (SSSR count). The Morgan fingerprint density at radius 2 is 2.12 bits per heavy atom. The second-order valence-corrected chi connectivity index (χ2v) is 6.32. The third-order valence-electron chi connectivity index (χ3n) is 4.49. The maximum atomic E-state index is 5.96. The number of imidazole rings is 1. The van der Waals surface area contributed by atoms with Crippen molar-refractivity contribution in [3.05, 3.63) is 48.7 Å². The Labute approximate surface area is 151 Å². The number of para-hydroxylation sites is 1. The Kier molecular flexibility index (Phi) is 4.58. The minimum atomic E-state index is 0.315. The van der Waals surface area contributed by atoms with E-state index in [0.29, 0.717) is 18.5 Å². The molecule has 26 heavy (non-hydrogen) atoms. The summed E-state index contributed by atoms with van der Waals surface area (Å²) in [5.41, 5.74) is 2.41. The SMILES string of the molecule is CCCC(COc1ccc2ncc(-c3cc4ccccc4o3)n2n1)NC. The number of fused-ring (bicyclic) bond motifs is 2. The van der Waals surface area contributed by atoms with Crippen LogP contribution >= 0.6 is 0 Å². The molecule has 0 fully saturated rings. The minimum Gasteiger partial charge on any atom is -0.475 e. The molecule has 0 aliphatic heterocycles. The standard InChI is InChI=1S/C20H22N4O2/c1-3-6-15(21-2)13-25-20-10-9-19-22-12-16(24(19)23-20)18-11-14-7-4-5-8-17(14)26-18/h4-5,7-12,15,21H,3,6,13H2,1-2H3. The van der Waals surface area contributed by atoms with E-state index in [1.165, 1.54) is 0 Å². The van der Waals surface area contributed by atoms with E-state index in [0.717, 1.165) is 40.9 Å². The quantitative estimate of drug-likeness (QED) is 0.547. The highest BCUT2D eigenvalue weighted by Crippen LogP contribution is 2.28. The second-order valence-electron chi connectivity index (χ2n) is 6.32. The van der Waals surface area contributed by atoms with Crippen LogP contribution < -0.4 is 10.1 Å². The topological polar surface area (TPSA) is 64.6 Å². The number of hydrogen-bond acceptors (Lipinski definition) is 5. The van der Waals surface area contributed by atoms with Crippen LogP contribution in [0.1, 0.15) is 19.8 Å². The first kappa shape index (κ1) is 16.6. The van der Waals surface area contributed by atoms with Gasteiger partial charge in [0.1, 0.15) is 17.9 Å². The molecule has 0 bridgehead atoms. The van der Waals surface area contributed by atoms with Crippen LogP contribution in [0.3, 0.4) is 0 Å². The number of nitrogens with one attached hydrogen (secondary N) is 1. The number of benzene rings is 1. The van der Waals surface area contributed by atoms with E-state index in [2.05, 4.69) is 22.3 Å². The third-order valence-corrected chi connectivity index (χ3v) is 4.49. The monoisotopic (exact) mass is 350 g/mol. The van der Waals surface area contributed by atoms with Crippen LogP contribution in [0.4, 0.5) is 0 Å². The van der Waals surface area contributed by atoms with Crippen molar-refractivity contribution in [2.75, 3.05) is 13.7 Å². The van der Waals surface area contributed by atoms with Crippen LogP contribution in [0.25, 0.3) is 28.1 Å². The highest BCUT2D eigenvalue weighted by atomic mass is 16.5. The van der Waals surface area contributed by atoms with E-state index in [-0.39, 0.29) is 0 Å². The largest absolute Gasteiger partial charge is 0.475 e. The zero-order valence-corrected chi connectivity index (χ0v) is 15.0. The minimum absolute atomic E-state index is 0.315. The molecule has 1 atom stereocenters. The van der Waals surface area contributed by atoms with Gasteiger partial charge in [0.15, 0.2) is 11.4 Å². The summed E-state index contributed by atoms with van der Waals surface area (Å²) in [6.45, 7) is 2.75. The van der Waals surface area contributed by atoms with Gasteiger partial charge < -0.3 is 14.5 Å². The number of rotatable bonds is 7. The van der Waals surface area contributed by atoms with Crippen LogP contribution in [0.2, 0.25) is 0 Å². The van der Waals surface area contributed by atoms with Gasteiger partial charge in [-0.15, -0.1) is 5.10 Å². The zero-order valence-electron chi connectivity index (χ0n) is 15.0. The number of nitrogens with zero attached hydrogens (tertiary/aromatic N) is 3. The number of ether oxygens (including phenoxy) is 1. The summed E-state index contributed by atoms with van der Waals surface area (Å²) in [6, 6.07) is 14.0. The van der Waals surface area contributed by atoms with Gasteiger partial charge in [0.2, 0.25) is 5.88 Å². The zero-order chi connectivity index (χ0) is 17.9. The van der Waals surface area contributed by atoms with E-state index in [4.69, 9.17) is 9.15 Å². The van der Waals surface area contributed by atoms with Crippen molar-refractivity contribution in [3.8, 4) is 17.3 Å². The summed E-state index contributed by atoms with van der Waals surface area (Å²) in [7, 11) is 1.95. The lowest BCUT2D eigenvalue weighted by molar-refractivity contribution is 0.251. The highest BCUT2D eigenvalue weighted by molar-refractivity contribution is 5.82. The van der Waals surface area contributed by atoms with Crippen molar-refractivity contribution in [2.24, 2.45) is 0 Å². The summed E-state index contributed by atoms with van der Waals surface area (Å²) >= 11 is 0. The molecule has 0 spiro atoms. The van der Waals surface area contributed by atoms with Gasteiger partial charge in [-0.25, -0.2) is 9.50 Å². The molecule has 4 aromatic rings. The normalized spacial score (nSPS) is 12.7. The van der Waals surface area contributed by atoms with Gasteiger partial charge >= 0.3 is 0 Å². The van der Waals surface area contributed by atoms with Gasteiger partial charge in [-0.05, 0) is 31.7 Å². The third kappa shape index (κ3) is 3.15. The van der Waals surface area contributed by atoms with Crippen molar-refractivity contribution >= 4 is 16.6 Å². The number of likely N-dealkylation sites (N-methyl/N-ethyl adjacent to an activating group) is 1. The lowest BCUT2D eigenvalue weighted by Gasteiger charge is -2.15. The van der Waals surface area contributed by atoms with Crippen molar-refractivity contribution in [1.29, 1.82) is 0 Å². The van der Waals surface area contributed by atoms with Crippen molar-refractivity contribution in [1.82, 2.24) is 19.9 Å². The summed E-state index contributed by atoms with van der Waals surface area (Å²) in [5.74, 6) is 1.31. The molecule has 3 heterocycles. The Morgan fingerprint density at radius 3 is 2.92 bits per heavy atom. The van der Waals surface area contributed by atoms with E-state index in [1.54, 1.807) is 10.7 Å². The van der Waals surface area contributed by atoms with Crippen LogP contribution in [0.15, 0.2) is 53.1 Å². The molecule has 1 N–H and O–H groups in total. The molecule has 1 unspecified atom stereocenters. The van der Waals surface area contributed by atoms with Crippen LogP contribution in [-0.4, -0.2) is 34.3 Å². The number of aromatic nitrogens is 3. The number of furan rings is 1. The molecule has 6 heteroatoms. The van der Waals surface area contributed by atoms with E-state index in [1.807, 2.05) is 49.5 Å². The Bertz CT molecular complexity index is 988. The van der Waals surface area contributed by atoms with E-state index < -0.39 is 0 Å². The molecule has 0 saturated heterocycles. The lowest BCUT2D eigenvalue weighted by atomic mass is 10.2. The van der Waals surface area contributed by atoms with Crippen molar-refractivity contribution in [3.63, 3.8) is 0 Å². The Morgan fingerprint density at radius 1 is 1.23 bits per heavy atom. The molecule has 0 amide bonds. The average molecular weight is 350 g/mol. The first-order valence-corrected chi connectivity index (χ1v) is 8.92. The molecule has 1 aromatic carbocycles. The van der Waals surface area contributed by atoms with Crippen molar-refractivity contribution < 1.29 is 9.15 Å². The summed E-state index contributed by atoms with van der Waals surface area (Å²) < 4.78 is 13.6. The van der Waals surface area contributed by atoms with Crippen molar-refractivity contribution in [2.45, 2.75) is 25.8 Å². The molecule has 134 valence electrons. The lowest BCUT2D eigenvalue weighted by Crippen LogP contribution is -2.31. The smallest absolute Gasteiger partial charge is 0.231 e. The molecule has 6 nitrogen and oxygen atoms in total. The second kappa shape index (κ2) is 7.17. The van der Waals surface area contributed by atoms with Gasteiger partial charge in [0, 0.05) is 17.5 Å². The predicted molar refractivity (Wildman–Crippen MR) is 101 cm³/mol. The van der Waals surface area contributed by atoms with Gasteiger partial charge in [-0.1, -0.05) is 31.5 Å². The Hall–Kier alpha value is -2.86. The summed E-state index contributed by atoms with van der Waals surface area (Å²) in [6.07, 6.45) is 3.95. The maximum absolute atomic E-state index is 5.96. The Balaban J connectivity index is 1.64. The molecular weight excluding hydrogens is 328 g/mol. The summed E-state index contributed by atoms with van der Waals surface area (Å²) in [5, 5.41) is 8.92. The van der Waals surface area contributed by atoms with E-state index >= 15 is 0 Å². The van der Waals surface area contributed by atoms with E-state index in [9.17, 15) is 0 Å². The van der Waals surface area contributed by atoms with Gasteiger partial charge in [0.05, 0.1) is 6.20 Å². The first-order chi connectivity index (χ1) is 12.8. The van der Waals surface area contributed by atoms with Gasteiger partial charge in [-0.2, -0.15) is 0 Å². The molecular formula is C20H22N4O2. The molecule has 0 aliphatic rings. The highest BCUT2D eigenvalue weighted by Gasteiger charge is 2.13. The molecule has 0 aliphatic carbocycles. The van der Waals surface area contributed by atoms with Gasteiger partial charge in [0.25, 0.3) is 0 Å². The van der Waals surface area contributed by atoms with Crippen LogP contribution in [-0.2, 0) is 0 Å². The molecule has 0 saturated carbocycles. The fourth-order valence-corrected chi connectivity index (χ4v) is 3.06. The first-order valence-electron chi connectivity index (χ1n) is 8.92. The maximum Gasteiger partial charge on any atom is 0.231 e. The summed E-state index contributed by atoms with van der Waals surface area (Å²) in [4.78, 5) is 4.42.